The Morgan fingerprint density at radius 2 is 1.97 bits per heavy atom. The van der Waals surface area contributed by atoms with Crippen LogP contribution in [0.5, 0.6) is 0 Å². The van der Waals surface area contributed by atoms with Crippen LogP contribution in [0.15, 0.2) is 59.8 Å². The van der Waals surface area contributed by atoms with Crippen LogP contribution >= 0.6 is 11.6 Å². The maximum atomic E-state index is 14.8. The van der Waals surface area contributed by atoms with E-state index in [2.05, 4.69) is 14.8 Å². The molecule has 0 radical (unpaired) electrons. The fourth-order valence-electron chi connectivity index (χ4n) is 2.89. The van der Waals surface area contributed by atoms with Gasteiger partial charge in [0.15, 0.2) is 5.65 Å². The molecule has 0 unspecified atom stereocenters. The summed E-state index contributed by atoms with van der Waals surface area (Å²) in [5, 5.41) is 12.8. The lowest BCUT2D eigenvalue weighted by atomic mass is 10.1. The molecule has 0 aliphatic carbocycles. The van der Waals surface area contributed by atoms with Crippen molar-refractivity contribution in [1.29, 1.82) is 5.26 Å². The molecular weight excluding hydrogens is 431 g/mol. The zero-order chi connectivity index (χ0) is 21.5. The van der Waals surface area contributed by atoms with Crippen molar-refractivity contribution in [2.24, 2.45) is 0 Å². The van der Waals surface area contributed by atoms with E-state index in [1.54, 1.807) is 6.07 Å². The smallest absolute Gasteiger partial charge is 0.263 e. The molecule has 3 N–H and O–H groups in total. The second-order valence-electron chi connectivity index (χ2n) is 6.22. The molecule has 4 rings (SSSR count). The lowest BCUT2D eigenvalue weighted by molar-refractivity contribution is 0.601. The Morgan fingerprint density at radius 1 is 1.17 bits per heavy atom. The summed E-state index contributed by atoms with van der Waals surface area (Å²) in [6.07, 6.45) is 2.94. The van der Waals surface area contributed by atoms with Crippen molar-refractivity contribution in [3.8, 4) is 17.2 Å². The Balaban J connectivity index is 1.68. The van der Waals surface area contributed by atoms with Gasteiger partial charge >= 0.3 is 0 Å². The maximum absolute atomic E-state index is 14.8. The first-order valence-electron chi connectivity index (χ1n) is 8.41. The highest BCUT2D eigenvalue weighted by atomic mass is 35.5. The largest absolute Gasteiger partial charge is 0.383 e. The van der Waals surface area contributed by atoms with E-state index in [1.807, 2.05) is 6.07 Å². The van der Waals surface area contributed by atoms with Crippen LogP contribution in [-0.4, -0.2) is 23.0 Å². The normalized spacial score (nSPS) is 11.4. The molecule has 0 amide bonds. The first-order valence-corrected chi connectivity index (χ1v) is 10.3. The lowest BCUT2D eigenvalue weighted by Crippen LogP contribution is -2.14. The van der Waals surface area contributed by atoms with E-state index in [0.29, 0.717) is 11.2 Å². The predicted molar refractivity (Wildman–Crippen MR) is 110 cm³/mol. The van der Waals surface area contributed by atoms with Crippen molar-refractivity contribution in [1.82, 2.24) is 14.6 Å². The highest BCUT2D eigenvalue weighted by Gasteiger charge is 2.20. The third-order valence-electron chi connectivity index (χ3n) is 4.31. The molecule has 0 aliphatic heterocycles. The van der Waals surface area contributed by atoms with Crippen molar-refractivity contribution >= 4 is 38.8 Å². The molecule has 2 aromatic carbocycles. The third-order valence-corrected chi connectivity index (χ3v) is 6.18. The minimum atomic E-state index is -4.10. The summed E-state index contributed by atoms with van der Waals surface area (Å²) in [6, 6.07) is 11.1. The zero-order valence-corrected chi connectivity index (χ0v) is 16.6. The molecule has 0 saturated heterocycles. The van der Waals surface area contributed by atoms with Crippen molar-refractivity contribution in [3.63, 3.8) is 0 Å². The second-order valence-corrected chi connectivity index (χ2v) is 8.27. The van der Waals surface area contributed by atoms with Crippen LogP contribution in [0.1, 0.15) is 5.56 Å². The van der Waals surface area contributed by atoms with E-state index < -0.39 is 15.8 Å². The van der Waals surface area contributed by atoms with E-state index in [1.165, 1.54) is 47.2 Å². The Bertz CT molecular complexity index is 1450. The molecule has 0 aliphatic rings. The first-order chi connectivity index (χ1) is 14.3. The number of nitriles is 1. The number of fused-ring (bicyclic) bond motifs is 1. The van der Waals surface area contributed by atoms with Crippen LogP contribution in [-0.2, 0) is 10.0 Å². The lowest BCUT2D eigenvalue weighted by Gasteiger charge is -2.12. The van der Waals surface area contributed by atoms with Crippen LogP contribution in [0.25, 0.3) is 16.8 Å². The van der Waals surface area contributed by atoms with Gasteiger partial charge in [0.05, 0.1) is 28.5 Å². The van der Waals surface area contributed by atoms with E-state index in [0.717, 1.165) is 6.07 Å². The summed E-state index contributed by atoms with van der Waals surface area (Å²) in [5.41, 5.74) is 7.23. The van der Waals surface area contributed by atoms with Gasteiger partial charge in [-0.25, -0.2) is 17.8 Å². The molecule has 0 fully saturated rings. The molecule has 2 heterocycles. The number of nitrogens with one attached hydrogen (secondary N) is 1. The molecule has 2 aromatic heterocycles. The van der Waals surface area contributed by atoms with E-state index in [4.69, 9.17) is 22.6 Å². The van der Waals surface area contributed by atoms with Gasteiger partial charge in [-0.1, -0.05) is 11.6 Å². The van der Waals surface area contributed by atoms with Gasteiger partial charge in [-0.2, -0.15) is 14.9 Å². The van der Waals surface area contributed by atoms with Crippen LogP contribution in [0.4, 0.5) is 15.9 Å². The number of nitrogens with zero attached hydrogens (tertiary/aromatic N) is 4. The monoisotopic (exact) mass is 442 g/mol. The Kier molecular flexibility index (Phi) is 4.77. The van der Waals surface area contributed by atoms with Gasteiger partial charge < -0.3 is 5.73 Å². The van der Waals surface area contributed by atoms with Gasteiger partial charge in [0.25, 0.3) is 10.0 Å². The summed E-state index contributed by atoms with van der Waals surface area (Å²) in [6.45, 7) is 0. The highest BCUT2D eigenvalue weighted by molar-refractivity contribution is 7.92. The number of benzene rings is 2. The third kappa shape index (κ3) is 3.41. The molecule has 4 aromatic rings. The number of sulfonamides is 1. The average molecular weight is 443 g/mol. The SMILES string of the molecule is N#Cc1ccc(S(=O)(=O)Nc2ccc(-c3cnc4ccnn4c3N)c(F)c2)c(Cl)c1. The van der Waals surface area contributed by atoms with Gasteiger partial charge in [-0.05, 0) is 36.4 Å². The number of hydrogen-bond acceptors (Lipinski definition) is 6. The molecule has 0 bridgehead atoms. The minimum absolute atomic E-state index is 0.0108. The fraction of sp³-hybridized carbons (Fsp3) is 0. The molecule has 8 nitrogen and oxygen atoms in total. The number of halogens is 2. The number of anilines is 2. The average Bonchev–Trinajstić information content (AvgIpc) is 3.18. The van der Waals surface area contributed by atoms with Crippen molar-refractivity contribution < 1.29 is 12.8 Å². The summed E-state index contributed by atoms with van der Waals surface area (Å²) in [5.74, 6) is -0.511. The molecule has 11 heteroatoms. The van der Waals surface area contributed by atoms with Gasteiger partial charge in [0.2, 0.25) is 0 Å². The number of hydrogen-bond donors (Lipinski definition) is 2. The molecular formula is C19H12ClFN6O2S. The highest BCUT2D eigenvalue weighted by Crippen LogP contribution is 2.31. The van der Waals surface area contributed by atoms with Gasteiger partial charge in [0.1, 0.15) is 16.5 Å². The van der Waals surface area contributed by atoms with Crippen molar-refractivity contribution in [2.45, 2.75) is 4.90 Å². The fourth-order valence-corrected chi connectivity index (χ4v) is 4.49. The van der Waals surface area contributed by atoms with E-state index in [-0.39, 0.29) is 32.6 Å². The number of rotatable bonds is 4. The first kappa shape index (κ1) is 19.6. The molecule has 0 spiro atoms. The summed E-state index contributed by atoms with van der Waals surface area (Å²) >= 11 is 5.98. The van der Waals surface area contributed by atoms with Crippen LogP contribution in [0.2, 0.25) is 5.02 Å². The Hall–Kier alpha value is -3.68. The standard InChI is InChI=1S/C19H12ClFN6O2S/c20-15-7-11(9-22)1-4-17(15)30(28,29)26-12-2-3-13(16(21)8-12)14-10-24-18-5-6-25-27(18)19(14)23/h1-8,10,26H,23H2. The van der Waals surface area contributed by atoms with Gasteiger partial charge in [0, 0.05) is 23.4 Å². The molecule has 0 atom stereocenters. The van der Waals surface area contributed by atoms with E-state index in [9.17, 15) is 12.8 Å². The molecule has 0 saturated carbocycles. The summed E-state index contributed by atoms with van der Waals surface area (Å²) in [7, 11) is -4.10. The molecule has 30 heavy (non-hydrogen) atoms. The maximum Gasteiger partial charge on any atom is 0.263 e. The zero-order valence-electron chi connectivity index (χ0n) is 15.0. The van der Waals surface area contributed by atoms with Crippen LogP contribution in [0.3, 0.4) is 0 Å². The number of nitrogen functional groups attached to an aromatic ring is 1. The topological polar surface area (TPSA) is 126 Å². The minimum Gasteiger partial charge on any atom is -0.383 e. The number of aromatic nitrogens is 3. The summed E-state index contributed by atoms with van der Waals surface area (Å²) < 4.78 is 43.7. The summed E-state index contributed by atoms with van der Waals surface area (Å²) in [4.78, 5) is 3.94. The van der Waals surface area contributed by atoms with Crippen LogP contribution < -0.4 is 10.5 Å². The quantitative estimate of drug-likeness (QED) is 0.498. The van der Waals surface area contributed by atoms with E-state index >= 15 is 0 Å². The van der Waals surface area contributed by atoms with Crippen molar-refractivity contribution in [2.75, 3.05) is 10.5 Å². The predicted octanol–water partition coefficient (Wildman–Crippen LogP) is 3.44. The second kappa shape index (κ2) is 7.29. The Labute approximate surface area is 175 Å². The van der Waals surface area contributed by atoms with Crippen molar-refractivity contribution in [3.05, 3.63) is 71.3 Å². The Morgan fingerprint density at radius 3 is 2.67 bits per heavy atom. The van der Waals surface area contributed by atoms with Gasteiger partial charge in [-0.3, -0.25) is 4.72 Å². The van der Waals surface area contributed by atoms with Crippen LogP contribution in [0, 0.1) is 17.1 Å². The van der Waals surface area contributed by atoms with Gasteiger partial charge in [-0.15, -0.1) is 0 Å². The number of nitrogens with two attached hydrogens (primary N) is 1. The molecule has 150 valence electrons.